The van der Waals surface area contributed by atoms with Crippen molar-refractivity contribution in [1.29, 1.82) is 0 Å². The minimum absolute atomic E-state index is 0.0656. The Balaban J connectivity index is 2.20. The van der Waals surface area contributed by atoms with Gasteiger partial charge in [-0.2, -0.15) is 8.78 Å². The summed E-state index contributed by atoms with van der Waals surface area (Å²) in [5.74, 6) is -2.84. The second-order valence-electron chi connectivity index (χ2n) is 6.32. The summed E-state index contributed by atoms with van der Waals surface area (Å²) in [5, 5.41) is 1.80. The number of hydrogen-bond donors (Lipinski definition) is 1. The predicted molar refractivity (Wildman–Crippen MR) is 104 cm³/mol. The summed E-state index contributed by atoms with van der Waals surface area (Å²) in [5.41, 5.74) is 0.925. The first kappa shape index (κ1) is 23.3. The Kier molecular flexibility index (Phi) is 7.54. The van der Waals surface area contributed by atoms with Gasteiger partial charge in [0.25, 0.3) is 5.91 Å². The molecule has 7 nitrogen and oxygen atoms in total. The third kappa shape index (κ3) is 5.78. The molecule has 0 fully saturated rings. The first-order valence-corrected chi connectivity index (χ1v) is 10.5. The molecule has 0 saturated carbocycles. The predicted octanol–water partition coefficient (Wildman–Crippen LogP) is 2.45. The number of benzene rings is 1. The molecule has 1 aromatic heterocycles. The van der Waals surface area contributed by atoms with E-state index in [1.165, 1.54) is 50.4 Å². The minimum Gasteiger partial charge on any atom is -0.344 e. The highest BCUT2D eigenvalue weighted by molar-refractivity contribution is 7.92. The molecule has 0 unspecified atom stereocenters. The quantitative estimate of drug-likeness (QED) is 0.601. The molecule has 0 aliphatic carbocycles. The molecule has 0 bridgehead atoms. The fourth-order valence-corrected chi connectivity index (χ4v) is 3.54. The maximum atomic E-state index is 13.6. The third-order valence-corrected chi connectivity index (χ3v) is 5.94. The molecule has 0 aliphatic heterocycles. The number of Topliss-reactive ketones (excluding diaryl/α,β-unsaturated/α-hetero) is 1. The zero-order valence-corrected chi connectivity index (χ0v) is 17.0. The average molecular weight is 443 g/mol. The lowest BCUT2D eigenvalue weighted by Gasteiger charge is -2.24. The Labute approximate surface area is 172 Å². The van der Waals surface area contributed by atoms with Crippen molar-refractivity contribution in [3.8, 4) is 0 Å². The van der Waals surface area contributed by atoms with Crippen molar-refractivity contribution >= 4 is 27.4 Å². The van der Waals surface area contributed by atoms with E-state index >= 15 is 0 Å². The van der Waals surface area contributed by atoms with Crippen LogP contribution in [0.3, 0.4) is 0 Å². The lowest BCUT2D eigenvalue weighted by Crippen LogP contribution is -2.34. The number of anilines is 1. The van der Waals surface area contributed by atoms with Crippen molar-refractivity contribution in [1.82, 2.24) is 10.3 Å². The van der Waals surface area contributed by atoms with Crippen molar-refractivity contribution in [3.63, 3.8) is 0 Å². The standard InChI is InChI=1S/C19H20F3N3O4S/c1-3-30(28,29)25(15-6-7-16(20)12(2)8-15)11-14-5-4-13(9-23-14)17(26)10-24-19(27)18(21)22/h4-9,18H,3,10-11H2,1-2H3,(H,24,27). The number of nitrogens with one attached hydrogen (secondary N) is 1. The maximum Gasteiger partial charge on any atom is 0.315 e. The third-order valence-electron chi connectivity index (χ3n) is 4.20. The molecule has 2 aromatic rings. The Bertz CT molecular complexity index is 1030. The lowest BCUT2D eigenvalue weighted by molar-refractivity contribution is -0.131. The van der Waals surface area contributed by atoms with Crippen molar-refractivity contribution in [3.05, 3.63) is 59.2 Å². The van der Waals surface area contributed by atoms with Crippen molar-refractivity contribution in [2.45, 2.75) is 26.8 Å². The van der Waals surface area contributed by atoms with E-state index in [-0.39, 0.29) is 29.1 Å². The molecule has 2 rings (SSSR count). The summed E-state index contributed by atoms with van der Waals surface area (Å²) in [4.78, 5) is 26.9. The molecule has 0 atom stereocenters. The van der Waals surface area contributed by atoms with E-state index in [4.69, 9.17) is 0 Å². The van der Waals surface area contributed by atoms with E-state index in [1.54, 1.807) is 5.32 Å². The fraction of sp³-hybridized carbons (Fsp3) is 0.316. The Morgan fingerprint density at radius 3 is 2.43 bits per heavy atom. The van der Waals surface area contributed by atoms with E-state index in [1.807, 2.05) is 0 Å². The van der Waals surface area contributed by atoms with Gasteiger partial charge in [0.1, 0.15) is 5.82 Å². The molecule has 0 spiro atoms. The smallest absolute Gasteiger partial charge is 0.315 e. The number of sulfonamides is 1. The van der Waals surface area contributed by atoms with Gasteiger partial charge in [-0.1, -0.05) is 0 Å². The Hall–Kier alpha value is -2.95. The van der Waals surface area contributed by atoms with Gasteiger partial charge in [0, 0.05) is 11.8 Å². The normalized spacial score (nSPS) is 11.4. The molecule has 1 aromatic carbocycles. The SMILES string of the molecule is CCS(=O)(=O)N(Cc1ccc(C(=O)CNC(=O)C(F)F)cn1)c1ccc(F)c(C)c1. The van der Waals surface area contributed by atoms with Crippen molar-refractivity contribution in [2.24, 2.45) is 0 Å². The van der Waals surface area contributed by atoms with Gasteiger partial charge >= 0.3 is 6.43 Å². The van der Waals surface area contributed by atoms with Gasteiger partial charge in [-0.25, -0.2) is 12.8 Å². The molecule has 11 heteroatoms. The fourth-order valence-electron chi connectivity index (χ4n) is 2.47. The van der Waals surface area contributed by atoms with Crippen molar-refractivity contribution in [2.75, 3.05) is 16.6 Å². The molecule has 1 amide bonds. The molecular formula is C19H20F3N3O4S. The number of aromatic nitrogens is 1. The first-order valence-electron chi connectivity index (χ1n) is 8.85. The summed E-state index contributed by atoms with van der Waals surface area (Å²) in [7, 11) is -3.71. The lowest BCUT2D eigenvalue weighted by atomic mass is 10.1. The highest BCUT2D eigenvalue weighted by atomic mass is 32.2. The van der Waals surface area contributed by atoms with Gasteiger partial charge in [-0.15, -0.1) is 0 Å². The van der Waals surface area contributed by atoms with Crippen LogP contribution in [-0.2, 0) is 21.4 Å². The minimum atomic E-state index is -3.71. The monoisotopic (exact) mass is 443 g/mol. The number of carbonyl (C=O) groups excluding carboxylic acids is 2. The van der Waals surface area contributed by atoms with Crippen LogP contribution in [0.2, 0.25) is 0 Å². The van der Waals surface area contributed by atoms with Crippen molar-refractivity contribution < 1.29 is 31.2 Å². The summed E-state index contributed by atoms with van der Waals surface area (Å²) >= 11 is 0. The van der Waals surface area contributed by atoms with Crippen LogP contribution in [0.5, 0.6) is 0 Å². The molecule has 0 aliphatic rings. The zero-order valence-electron chi connectivity index (χ0n) is 16.2. The van der Waals surface area contributed by atoms with E-state index < -0.39 is 40.5 Å². The number of pyridine rings is 1. The van der Waals surface area contributed by atoms with Crippen LogP contribution < -0.4 is 9.62 Å². The van der Waals surface area contributed by atoms with Crippen LogP contribution in [0.1, 0.15) is 28.5 Å². The van der Waals surface area contributed by atoms with Gasteiger partial charge in [0.2, 0.25) is 10.0 Å². The van der Waals surface area contributed by atoms with Gasteiger partial charge in [-0.3, -0.25) is 18.9 Å². The van der Waals surface area contributed by atoms with Crippen LogP contribution in [-0.4, -0.2) is 43.8 Å². The number of rotatable bonds is 9. The maximum absolute atomic E-state index is 13.6. The number of ketones is 1. The zero-order chi connectivity index (χ0) is 22.5. The van der Waals surface area contributed by atoms with Crippen LogP contribution in [0, 0.1) is 12.7 Å². The van der Waals surface area contributed by atoms with Crippen LogP contribution in [0.15, 0.2) is 36.5 Å². The van der Waals surface area contributed by atoms with Gasteiger partial charge in [0.05, 0.1) is 30.2 Å². The summed E-state index contributed by atoms with van der Waals surface area (Å²) < 4.78 is 64.0. The summed E-state index contributed by atoms with van der Waals surface area (Å²) in [6, 6.07) is 6.69. The molecule has 30 heavy (non-hydrogen) atoms. The van der Waals surface area contributed by atoms with E-state index in [0.29, 0.717) is 5.69 Å². The number of halogens is 3. The van der Waals surface area contributed by atoms with Crippen LogP contribution in [0.25, 0.3) is 0 Å². The van der Waals surface area contributed by atoms with Crippen LogP contribution >= 0.6 is 0 Å². The number of nitrogens with zero attached hydrogens (tertiary/aromatic N) is 2. The van der Waals surface area contributed by atoms with E-state index in [9.17, 15) is 31.2 Å². The second-order valence-corrected chi connectivity index (χ2v) is 8.50. The molecule has 1 heterocycles. The van der Waals surface area contributed by atoms with E-state index in [2.05, 4.69) is 4.98 Å². The Morgan fingerprint density at radius 1 is 1.20 bits per heavy atom. The molecule has 1 N–H and O–H groups in total. The largest absolute Gasteiger partial charge is 0.344 e. The summed E-state index contributed by atoms with van der Waals surface area (Å²) in [6.07, 6.45) is -2.06. The average Bonchev–Trinajstić information content (AvgIpc) is 2.72. The molecule has 0 saturated heterocycles. The Morgan fingerprint density at radius 2 is 1.90 bits per heavy atom. The number of hydrogen-bond acceptors (Lipinski definition) is 5. The first-order chi connectivity index (χ1) is 14.0. The molecule has 0 radical (unpaired) electrons. The van der Waals surface area contributed by atoms with Gasteiger partial charge in [0.15, 0.2) is 5.78 Å². The van der Waals surface area contributed by atoms with Crippen LogP contribution in [0.4, 0.5) is 18.9 Å². The summed E-state index contributed by atoms with van der Waals surface area (Å²) in [6.45, 7) is 2.22. The number of alkyl halides is 2. The number of aryl methyl sites for hydroxylation is 1. The molecule has 162 valence electrons. The molecular weight excluding hydrogens is 423 g/mol. The van der Waals surface area contributed by atoms with E-state index in [0.717, 1.165) is 4.31 Å². The number of carbonyl (C=O) groups is 2. The van der Waals surface area contributed by atoms with Gasteiger partial charge in [-0.05, 0) is 49.7 Å². The number of amides is 1. The highest BCUT2D eigenvalue weighted by Gasteiger charge is 2.22. The highest BCUT2D eigenvalue weighted by Crippen LogP contribution is 2.23. The van der Waals surface area contributed by atoms with Gasteiger partial charge < -0.3 is 5.32 Å². The second kappa shape index (κ2) is 9.70. The topological polar surface area (TPSA) is 96.4 Å².